The van der Waals surface area contributed by atoms with Crippen LogP contribution in [0.2, 0.25) is 5.02 Å². The molecule has 2 heterocycles. The minimum Gasteiger partial charge on any atom is -0.497 e. The molecule has 0 aliphatic rings. The first kappa shape index (κ1) is 21.0. The normalized spacial score (nSPS) is 10.8. The van der Waals surface area contributed by atoms with Gasteiger partial charge in [0.25, 0.3) is 0 Å². The summed E-state index contributed by atoms with van der Waals surface area (Å²) in [6.45, 7) is 1.49. The number of Topliss-reactive ketones (excluding diaryl/α,β-unsaturated/α-hetero) is 1. The molecule has 156 valence electrons. The summed E-state index contributed by atoms with van der Waals surface area (Å²) in [4.78, 5) is 31.1. The van der Waals surface area contributed by atoms with Gasteiger partial charge in [-0.1, -0.05) is 23.7 Å². The number of fused-ring (bicyclic) bond motifs is 1. The topological polar surface area (TPSA) is 65.5 Å². The van der Waals surface area contributed by atoms with Crippen molar-refractivity contribution in [3.63, 3.8) is 0 Å². The lowest BCUT2D eigenvalue weighted by Crippen LogP contribution is -2.15. The second-order valence-electron chi connectivity index (χ2n) is 6.83. The van der Waals surface area contributed by atoms with E-state index in [0.29, 0.717) is 38.5 Å². The third kappa shape index (κ3) is 4.31. The molecule has 4 aromatic rings. The molecule has 0 radical (unpaired) electrons. The average molecular weight is 452 g/mol. The van der Waals surface area contributed by atoms with Crippen LogP contribution in [0, 0.1) is 6.92 Å². The highest BCUT2D eigenvalue weighted by atomic mass is 35.5. The number of carbonyl (C=O) groups is 2. The van der Waals surface area contributed by atoms with E-state index in [4.69, 9.17) is 26.1 Å². The van der Waals surface area contributed by atoms with Crippen LogP contribution in [0.4, 0.5) is 0 Å². The van der Waals surface area contributed by atoms with Gasteiger partial charge in [-0.05, 0) is 60.3 Å². The molecule has 2 aromatic heterocycles. The first-order valence-corrected chi connectivity index (χ1v) is 10.7. The number of nitrogens with zero attached hydrogens (tertiary/aromatic N) is 1. The molecule has 0 aliphatic carbocycles. The Bertz CT molecular complexity index is 1270. The molecule has 5 nitrogen and oxygen atoms in total. The number of rotatable bonds is 6. The molecule has 0 spiro atoms. The highest BCUT2D eigenvalue weighted by molar-refractivity contribution is 7.13. The molecule has 0 aliphatic heterocycles. The molecule has 0 saturated carbocycles. The van der Waals surface area contributed by atoms with Crippen LogP contribution in [0.5, 0.6) is 5.75 Å². The third-order valence-electron chi connectivity index (χ3n) is 4.91. The van der Waals surface area contributed by atoms with Gasteiger partial charge >= 0.3 is 5.97 Å². The van der Waals surface area contributed by atoms with Gasteiger partial charge in [0.2, 0.25) is 0 Å². The van der Waals surface area contributed by atoms with Crippen molar-refractivity contribution in [2.24, 2.45) is 0 Å². The first-order chi connectivity index (χ1) is 15.0. The number of esters is 1. The molecule has 31 heavy (non-hydrogen) atoms. The van der Waals surface area contributed by atoms with Gasteiger partial charge in [-0.2, -0.15) is 0 Å². The Balaban J connectivity index is 1.65. The molecular formula is C24H18ClNO4S. The lowest BCUT2D eigenvalue weighted by Gasteiger charge is -2.11. The van der Waals surface area contributed by atoms with Crippen molar-refractivity contribution in [3.05, 3.63) is 81.7 Å². The van der Waals surface area contributed by atoms with Crippen LogP contribution >= 0.6 is 22.9 Å². The Hall–Kier alpha value is -3.22. The van der Waals surface area contributed by atoms with E-state index >= 15 is 0 Å². The molecule has 4 rings (SSSR count). The maximum Gasteiger partial charge on any atom is 0.339 e. The smallest absolute Gasteiger partial charge is 0.339 e. The number of ketones is 1. The molecule has 0 atom stereocenters. The number of hydrogen-bond donors (Lipinski definition) is 0. The number of benzene rings is 2. The predicted molar refractivity (Wildman–Crippen MR) is 122 cm³/mol. The van der Waals surface area contributed by atoms with Crippen molar-refractivity contribution in [3.8, 4) is 16.3 Å². The van der Waals surface area contributed by atoms with E-state index in [1.165, 1.54) is 11.3 Å². The quantitative estimate of drug-likeness (QED) is 0.267. The minimum absolute atomic E-state index is 0.299. The number of halogens is 1. The number of aryl methyl sites for hydroxylation is 1. The molecular weight excluding hydrogens is 434 g/mol. The van der Waals surface area contributed by atoms with Gasteiger partial charge in [-0.15, -0.1) is 11.3 Å². The molecule has 0 bridgehead atoms. The molecule has 0 unspecified atom stereocenters. The second-order valence-corrected chi connectivity index (χ2v) is 8.18. The highest BCUT2D eigenvalue weighted by Crippen LogP contribution is 2.32. The van der Waals surface area contributed by atoms with Gasteiger partial charge < -0.3 is 9.47 Å². The Kier molecular flexibility index (Phi) is 6.02. The molecule has 0 amide bonds. The highest BCUT2D eigenvalue weighted by Gasteiger charge is 2.19. The lowest BCUT2D eigenvalue weighted by atomic mass is 10.0. The van der Waals surface area contributed by atoms with Gasteiger partial charge in [0.1, 0.15) is 5.75 Å². The van der Waals surface area contributed by atoms with Crippen LogP contribution in [-0.2, 0) is 4.74 Å². The van der Waals surface area contributed by atoms with Crippen LogP contribution in [0.3, 0.4) is 0 Å². The van der Waals surface area contributed by atoms with Gasteiger partial charge in [0.05, 0.1) is 28.8 Å². The zero-order valence-electron chi connectivity index (χ0n) is 16.8. The Labute approximate surface area is 188 Å². The van der Waals surface area contributed by atoms with Crippen LogP contribution in [0.15, 0.2) is 60.0 Å². The van der Waals surface area contributed by atoms with Crippen LogP contribution in [-0.4, -0.2) is 30.5 Å². The molecule has 0 saturated heterocycles. The zero-order chi connectivity index (χ0) is 22.0. The van der Waals surface area contributed by atoms with Crippen molar-refractivity contribution in [2.75, 3.05) is 13.7 Å². The predicted octanol–water partition coefficient (Wildman–Crippen LogP) is 5.97. The fraction of sp³-hybridized carbons (Fsp3) is 0.125. The van der Waals surface area contributed by atoms with E-state index < -0.39 is 5.97 Å². The molecule has 0 fully saturated rings. The summed E-state index contributed by atoms with van der Waals surface area (Å²) in [6.07, 6.45) is 0. The van der Waals surface area contributed by atoms with E-state index in [2.05, 4.69) is 0 Å². The van der Waals surface area contributed by atoms with E-state index in [9.17, 15) is 9.59 Å². The van der Waals surface area contributed by atoms with Gasteiger partial charge in [-0.25, -0.2) is 9.78 Å². The summed E-state index contributed by atoms with van der Waals surface area (Å²) in [5.41, 5.74) is 2.85. The van der Waals surface area contributed by atoms with Gasteiger partial charge in [-0.3, -0.25) is 4.79 Å². The number of carbonyl (C=O) groups excluding carboxylic acids is 2. The Morgan fingerprint density at radius 1 is 1.10 bits per heavy atom. The van der Waals surface area contributed by atoms with Crippen LogP contribution in [0.25, 0.3) is 21.5 Å². The number of ether oxygens (including phenoxy) is 2. The number of hydrogen-bond acceptors (Lipinski definition) is 6. The number of aromatic nitrogens is 1. The van der Waals surface area contributed by atoms with Crippen molar-refractivity contribution >= 4 is 45.6 Å². The maximum atomic E-state index is 13.0. The lowest BCUT2D eigenvalue weighted by molar-refractivity contribution is 0.0476. The van der Waals surface area contributed by atoms with Gasteiger partial charge in [0.15, 0.2) is 12.4 Å². The molecule has 7 heteroatoms. The largest absolute Gasteiger partial charge is 0.497 e. The number of pyridine rings is 1. The summed E-state index contributed by atoms with van der Waals surface area (Å²) >= 11 is 7.80. The van der Waals surface area contributed by atoms with Crippen LogP contribution < -0.4 is 4.74 Å². The molecule has 0 N–H and O–H groups in total. The van der Waals surface area contributed by atoms with E-state index in [1.807, 2.05) is 24.4 Å². The number of thiophene rings is 1. The van der Waals surface area contributed by atoms with Crippen molar-refractivity contribution in [1.29, 1.82) is 0 Å². The first-order valence-electron chi connectivity index (χ1n) is 9.46. The van der Waals surface area contributed by atoms with Crippen molar-refractivity contribution < 1.29 is 19.1 Å². The van der Waals surface area contributed by atoms with E-state index in [-0.39, 0.29) is 12.4 Å². The fourth-order valence-electron chi connectivity index (χ4n) is 3.19. The molecule has 2 aromatic carbocycles. The average Bonchev–Trinajstić information content (AvgIpc) is 3.34. The SMILES string of the molecule is COc1ccc(C(=O)COC(=O)c2cc(-c3cccs3)nc3c(C)c(Cl)ccc23)cc1. The third-order valence-corrected chi connectivity index (χ3v) is 6.21. The van der Waals surface area contributed by atoms with E-state index in [1.54, 1.807) is 49.6 Å². The fourth-order valence-corrected chi connectivity index (χ4v) is 4.03. The van der Waals surface area contributed by atoms with Crippen LogP contribution in [0.1, 0.15) is 26.3 Å². The van der Waals surface area contributed by atoms with Crippen molar-refractivity contribution in [2.45, 2.75) is 6.92 Å². The summed E-state index contributed by atoms with van der Waals surface area (Å²) in [5.74, 6) is -0.243. The number of methoxy groups -OCH3 is 1. The standard InChI is InChI=1S/C24H18ClNO4S/c1-14-19(25)10-9-17-18(12-20(26-23(14)17)22-4-3-11-31-22)24(28)30-13-21(27)15-5-7-16(29-2)8-6-15/h3-12H,13H2,1-2H3. The monoisotopic (exact) mass is 451 g/mol. The maximum absolute atomic E-state index is 13.0. The minimum atomic E-state index is -0.589. The Morgan fingerprint density at radius 3 is 2.55 bits per heavy atom. The summed E-state index contributed by atoms with van der Waals surface area (Å²) < 4.78 is 10.5. The zero-order valence-corrected chi connectivity index (χ0v) is 18.4. The van der Waals surface area contributed by atoms with E-state index in [0.717, 1.165) is 10.4 Å². The Morgan fingerprint density at radius 2 is 1.87 bits per heavy atom. The summed E-state index contributed by atoms with van der Waals surface area (Å²) in [5, 5.41) is 3.14. The summed E-state index contributed by atoms with van der Waals surface area (Å²) in [7, 11) is 1.55. The second kappa shape index (κ2) is 8.88. The summed E-state index contributed by atoms with van der Waals surface area (Å²) in [6, 6.07) is 15.7. The van der Waals surface area contributed by atoms with Crippen molar-refractivity contribution in [1.82, 2.24) is 4.98 Å². The van der Waals surface area contributed by atoms with Gasteiger partial charge in [0, 0.05) is 16.0 Å².